The SMILES string of the molecule is N=C1C(c2nc3ccccc3[nH]2)=C(O)CN1N=Cc1ccncc1. The fourth-order valence-corrected chi connectivity index (χ4v) is 2.57. The third-order valence-electron chi connectivity index (χ3n) is 3.76. The lowest BCUT2D eigenvalue weighted by atomic mass is 10.2. The first-order valence-corrected chi connectivity index (χ1v) is 7.40. The summed E-state index contributed by atoms with van der Waals surface area (Å²) >= 11 is 0. The zero-order chi connectivity index (χ0) is 16.5. The molecule has 118 valence electrons. The number of para-hydroxylation sites is 2. The van der Waals surface area contributed by atoms with Crippen LogP contribution in [0, 0.1) is 5.41 Å². The van der Waals surface area contributed by atoms with Crippen molar-refractivity contribution in [3.8, 4) is 0 Å². The summed E-state index contributed by atoms with van der Waals surface area (Å²) in [6.07, 6.45) is 4.98. The van der Waals surface area contributed by atoms with E-state index in [4.69, 9.17) is 5.41 Å². The van der Waals surface area contributed by atoms with E-state index in [1.807, 2.05) is 36.4 Å². The van der Waals surface area contributed by atoms with Crippen LogP contribution in [0.3, 0.4) is 0 Å². The number of amidine groups is 1. The first-order chi connectivity index (χ1) is 11.7. The van der Waals surface area contributed by atoms with Crippen LogP contribution in [0.15, 0.2) is 59.7 Å². The van der Waals surface area contributed by atoms with Crippen molar-refractivity contribution in [2.75, 3.05) is 6.54 Å². The molecule has 1 aliphatic rings. The van der Waals surface area contributed by atoms with E-state index in [-0.39, 0.29) is 18.1 Å². The largest absolute Gasteiger partial charge is 0.509 e. The van der Waals surface area contributed by atoms with E-state index in [2.05, 4.69) is 20.1 Å². The molecule has 4 rings (SSSR count). The molecule has 0 saturated heterocycles. The van der Waals surface area contributed by atoms with Crippen molar-refractivity contribution in [1.29, 1.82) is 5.41 Å². The molecule has 24 heavy (non-hydrogen) atoms. The molecule has 3 N–H and O–H groups in total. The highest BCUT2D eigenvalue weighted by atomic mass is 16.3. The van der Waals surface area contributed by atoms with Crippen LogP contribution in [0.5, 0.6) is 0 Å². The summed E-state index contributed by atoms with van der Waals surface area (Å²) in [5.74, 6) is 0.656. The van der Waals surface area contributed by atoms with Gasteiger partial charge in [0.2, 0.25) is 0 Å². The standard InChI is InChI=1S/C17H14N6O/c18-16-15(17-21-12-3-1-2-4-13(12)22-17)14(24)10-23(16)20-9-11-5-7-19-8-6-11/h1-9,18,24H,10H2,(H,21,22). The monoisotopic (exact) mass is 318 g/mol. The summed E-state index contributed by atoms with van der Waals surface area (Å²) in [6.45, 7) is 0.146. The number of hydrogen-bond donors (Lipinski definition) is 3. The average molecular weight is 318 g/mol. The lowest BCUT2D eigenvalue weighted by molar-refractivity contribution is 0.358. The number of nitrogens with one attached hydrogen (secondary N) is 2. The topological polar surface area (TPSA) is 101 Å². The van der Waals surface area contributed by atoms with Gasteiger partial charge in [0.15, 0.2) is 5.84 Å². The fourth-order valence-electron chi connectivity index (χ4n) is 2.57. The molecule has 0 amide bonds. The third kappa shape index (κ3) is 2.41. The molecule has 7 nitrogen and oxygen atoms in total. The van der Waals surface area contributed by atoms with Crippen molar-refractivity contribution >= 4 is 28.7 Å². The predicted molar refractivity (Wildman–Crippen MR) is 91.9 cm³/mol. The molecule has 0 spiro atoms. The number of pyridine rings is 1. The predicted octanol–water partition coefficient (Wildman–Crippen LogP) is 2.55. The Bertz CT molecular complexity index is 940. The summed E-state index contributed by atoms with van der Waals surface area (Å²) in [5.41, 5.74) is 2.89. The van der Waals surface area contributed by atoms with E-state index in [0.717, 1.165) is 16.6 Å². The number of hydrogen-bond acceptors (Lipinski definition) is 5. The first kappa shape index (κ1) is 14.1. The summed E-state index contributed by atoms with van der Waals surface area (Å²) in [4.78, 5) is 11.5. The number of benzene rings is 1. The van der Waals surface area contributed by atoms with Gasteiger partial charge in [-0.2, -0.15) is 5.10 Å². The van der Waals surface area contributed by atoms with Gasteiger partial charge in [0.1, 0.15) is 23.7 Å². The number of aliphatic hydroxyl groups excluding tert-OH is 1. The minimum absolute atomic E-state index is 0.0749. The van der Waals surface area contributed by atoms with Crippen LogP contribution in [0.4, 0.5) is 0 Å². The lowest BCUT2D eigenvalue weighted by Crippen LogP contribution is -2.20. The molecule has 7 heteroatoms. The van der Waals surface area contributed by atoms with Gasteiger partial charge in [-0.3, -0.25) is 10.4 Å². The summed E-state index contributed by atoms with van der Waals surface area (Å²) in [6, 6.07) is 11.2. The Kier molecular flexibility index (Phi) is 3.31. The van der Waals surface area contributed by atoms with Crippen LogP contribution < -0.4 is 0 Å². The molecular weight excluding hydrogens is 304 g/mol. The highest BCUT2D eigenvalue weighted by molar-refractivity contribution is 6.23. The Morgan fingerprint density at radius 2 is 2.00 bits per heavy atom. The smallest absolute Gasteiger partial charge is 0.156 e. The number of imidazole rings is 1. The molecule has 0 bridgehead atoms. The van der Waals surface area contributed by atoms with E-state index < -0.39 is 0 Å². The molecule has 2 aromatic heterocycles. The minimum atomic E-state index is 0.0749. The van der Waals surface area contributed by atoms with Gasteiger partial charge in [-0.05, 0) is 29.8 Å². The van der Waals surface area contributed by atoms with Gasteiger partial charge in [0.05, 0.1) is 17.2 Å². The van der Waals surface area contributed by atoms with Crippen molar-refractivity contribution in [2.45, 2.75) is 0 Å². The second kappa shape index (κ2) is 5.62. The van der Waals surface area contributed by atoms with Crippen molar-refractivity contribution in [3.05, 3.63) is 65.9 Å². The first-order valence-electron chi connectivity index (χ1n) is 7.40. The molecule has 1 aromatic carbocycles. The van der Waals surface area contributed by atoms with E-state index in [0.29, 0.717) is 11.4 Å². The summed E-state index contributed by atoms with van der Waals surface area (Å²) in [5, 5.41) is 24.2. The normalized spacial score (nSPS) is 15.2. The highest BCUT2D eigenvalue weighted by Crippen LogP contribution is 2.27. The quantitative estimate of drug-likeness (QED) is 0.646. The number of hydrazone groups is 1. The molecule has 0 aliphatic carbocycles. The van der Waals surface area contributed by atoms with Crippen LogP contribution in [-0.4, -0.2) is 43.7 Å². The van der Waals surface area contributed by atoms with Crippen molar-refractivity contribution in [2.24, 2.45) is 5.10 Å². The van der Waals surface area contributed by atoms with Gasteiger partial charge in [-0.25, -0.2) is 9.99 Å². The molecule has 0 saturated carbocycles. The molecular formula is C17H14N6O. The summed E-state index contributed by atoms with van der Waals surface area (Å²) < 4.78 is 0. The fraction of sp³-hybridized carbons (Fsp3) is 0.0588. The molecule has 0 fully saturated rings. The molecule has 3 heterocycles. The zero-order valence-corrected chi connectivity index (χ0v) is 12.6. The van der Waals surface area contributed by atoms with Crippen LogP contribution in [0.2, 0.25) is 0 Å². The maximum Gasteiger partial charge on any atom is 0.156 e. The van der Waals surface area contributed by atoms with Gasteiger partial charge < -0.3 is 10.1 Å². The van der Waals surface area contributed by atoms with Crippen molar-refractivity contribution in [3.63, 3.8) is 0 Å². The molecule has 1 aliphatic heterocycles. The number of rotatable bonds is 3. The Morgan fingerprint density at radius 1 is 1.21 bits per heavy atom. The van der Waals surface area contributed by atoms with Crippen molar-refractivity contribution in [1.82, 2.24) is 20.0 Å². The van der Waals surface area contributed by atoms with E-state index >= 15 is 0 Å². The maximum atomic E-state index is 10.3. The Labute approximate surface area is 137 Å². The van der Waals surface area contributed by atoms with Gasteiger partial charge in [0.25, 0.3) is 0 Å². The van der Waals surface area contributed by atoms with E-state index in [1.54, 1.807) is 18.6 Å². The van der Waals surface area contributed by atoms with Crippen LogP contribution in [-0.2, 0) is 0 Å². The van der Waals surface area contributed by atoms with Gasteiger partial charge in [-0.1, -0.05) is 12.1 Å². The number of H-pyrrole nitrogens is 1. The lowest BCUT2D eigenvalue weighted by Gasteiger charge is -2.10. The number of fused-ring (bicyclic) bond motifs is 1. The van der Waals surface area contributed by atoms with Crippen LogP contribution >= 0.6 is 0 Å². The van der Waals surface area contributed by atoms with E-state index in [1.165, 1.54) is 5.01 Å². The van der Waals surface area contributed by atoms with Crippen molar-refractivity contribution < 1.29 is 5.11 Å². The third-order valence-corrected chi connectivity index (χ3v) is 3.76. The summed E-state index contributed by atoms with van der Waals surface area (Å²) in [7, 11) is 0. The molecule has 0 radical (unpaired) electrons. The van der Waals surface area contributed by atoms with Gasteiger partial charge >= 0.3 is 0 Å². The van der Waals surface area contributed by atoms with E-state index in [9.17, 15) is 5.11 Å². The Balaban J connectivity index is 1.62. The Morgan fingerprint density at radius 3 is 2.79 bits per heavy atom. The zero-order valence-electron chi connectivity index (χ0n) is 12.6. The second-order valence-corrected chi connectivity index (χ2v) is 5.36. The minimum Gasteiger partial charge on any atom is -0.509 e. The molecule has 0 atom stereocenters. The number of nitrogens with zero attached hydrogens (tertiary/aromatic N) is 4. The van der Waals surface area contributed by atoms with Crippen LogP contribution in [0.1, 0.15) is 11.4 Å². The number of aliphatic hydroxyl groups is 1. The molecule has 0 unspecified atom stereocenters. The second-order valence-electron chi connectivity index (χ2n) is 5.36. The average Bonchev–Trinajstić information content (AvgIpc) is 3.14. The van der Waals surface area contributed by atoms with Gasteiger partial charge in [-0.15, -0.1) is 0 Å². The van der Waals surface area contributed by atoms with Crippen LogP contribution in [0.25, 0.3) is 16.6 Å². The number of aromatic amines is 1. The van der Waals surface area contributed by atoms with Gasteiger partial charge in [0, 0.05) is 12.4 Å². The maximum absolute atomic E-state index is 10.3. The highest BCUT2D eigenvalue weighted by Gasteiger charge is 2.30. The Hall–Kier alpha value is -3.48. The molecule has 3 aromatic rings. The number of aromatic nitrogens is 3.